The van der Waals surface area contributed by atoms with Crippen LogP contribution in [0.25, 0.3) is 0 Å². The number of allylic oxidation sites excluding steroid dienone is 3. The van der Waals surface area contributed by atoms with Crippen LogP contribution in [0.4, 0.5) is 23.7 Å². The number of carbonyl (C=O) groups excluding carboxylic acids is 1. The van der Waals surface area contributed by atoms with E-state index >= 15 is 0 Å². The normalized spacial score (nSPS) is 22.6. The maximum Gasteiger partial charge on any atom is 0.433 e. The number of carbonyl (C=O) groups is 1. The second-order valence-electron chi connectivity index (χ2n) is 7.05. The van der Waals surface area contributed by atoms with Gasteiger partial charge >= 0.3 is 12.2 Å². The first-order chi connectivity index (χ1) is 14.4. The minimum absolute atomic E-state index is 0.234. The molecule has 0 radical (unpaired) electrons. The number of benzene rings is 1. The summed E-state index contributed by atoms with van der Waals surface area (Å²) in [6.07, 6.45) is 5.46. The number of alkyl halides is 3. The van der Waals surface area contributed by atoms with E-state index in [1.165, 1.54) is 11.0 Å². The molecule has 2 aromatic rings. The van der Waals surface area contributed by atoms with Crippen molar-refractivity contribution in [2.45, 2.75) is 18.6 Å². The number of nitrogens with one attached hydrogen (secondary N) is 1. The summed E-state index contributed by atoms with van der Waals surface area (Å²) in [5.74, 6) is 0.701. The number of amidine groups is 1. The number of hydrogen-bond donors (Lipinski definition) is 1. The smallest absolute Gasteiger partial charge is 0.294 e. The molecule has 2 amide bonds. The lowest BCUT2D eigenvalue weighted by Gasteiger charge is -2.23. The summed E-state index contributed by atoms with van der Waals surface area (Å²) >= 11 is 0. The predicted octanol–water partition coefficient (Wildman–Crippen LogP) is 4.90. The van der Waals surface area contributed by atoms with Gasteiger partial charge < -0.3 is 0 Å². The Labute approximate surface area is 171 Å². The van der Waals surface area contributed by atoms with Crippen molar-refractivity contribution < 1.29 is 18.0 Å². The van der Waals surface area contributed by atoms with E-state index < -0.39 is 23.9 Å². The Morgan fingerprint density at radius 1 is 1.13 bits per heavy atom. The summed E-state index contributed by atoms with van der Waals surface area (Å²) in [5, 5.41) is 2.78. The SMILES string of the molecule is O=C1NC(=NCC2C=CC=CC2)C(c2ccccc2)N1c1ccc(C(F)(F)F)nc1. The fraction of sp³-hybridized carbons (Fsp3) is 0.227. The van der Waals surface area contributed by atoms with E-state index in [0.29, 0.717) is 12.4 Å². The summed E-state index contributed by atoms with van der Waals surface area (Å²) < 4.78 is 38.6. The Kier molecular flexibility index (Phi) is 5.39. The monoisotopic (exact) mass is 412 g/mol. The van der Waals surface area contributed by atoms with E-state index in [2.05, 4.69) is 27.4 Å². The minimum atomic E-state index is -4.54. The fourth-order valence-corrected chi connectivity index (χ4v) is 3.49. The molecule has 1 aromatic carbocycles. The van der Waals surface area contributed by atoms with Crippen molar-refractivity contribution in [2.75, 3.05) is 11.4 Å². The highest BCUT2D eigenvalue weighted by Crippen LogP contribution is 2.34. The molecule has 2 atom stereocenters. The summed E-state index contributed by atoms with van der Waals surface area (Å²) in [4.78, 5) is 22.3. The van der Waals surface area contributed by atoms with Gasteiger partial charge in [0, 0.05) is 12.5 Å². The van der Waals surface area contributed by atoms with Crippen molar-refractivity contribution in [3.8, 4) is 0 Å². The number of halogens is 3. The number of nitrogens with zero attached hydrogens (tertiary/aromatic N) is 3. The van der Waals surface area contributed by atoms with Crippen LogP contribution in [-0.4, -0.2) is 23.4 Å². The maximum absolute atomic E-state index is 12.9. The first kappa shape index (κ1) is 19.9. The summed E-state index contributed by atoms with van der Waals surface area (Å²) in [6.45, 7) is 0.499. The third-order valence-electron chi connectivity index (χ3n) is 4.97. The molecule has 30 heavy (non-hydrogen) atoms. The molecular formula is C22H19F3N4O. The van der Waals surface area contributed by atoms with Gasteiger partial charge in [-0.2, -0.15) is 13.2 Å². The van der Waals surface area contributed by atoms with Gasteiger partial charge in [-0.05, 0) is 24.1 Å². The van der Waals surface area contributed by atoms with E-state index in [4.69, 9.17) is 0 Å². The van der Waals surface area contributed by atoms with Crippen LogP contribution >= 0.6 is 0 Å². The van der Waals surface area contributed by atoms with Crippen LogP contribution in [0.15, 0.2) is 78.0 Å². The Balaban J connectivity index is 1.67. The predicted molar refractivity (Wildman–Crippen MR) is 108 cm³/mol. The highest BCUT2D eigenvalue weighted by atomic mass is 19.4. The second kappa shape index (κ2) is 8.14. The van der Waals surface area contributed by atoms with Gasteiger partial charge in [0.05, 0.1) is 11.9 Å². The van der Waals surface area contributed by atoms with Gasteiger partial charge in [-0.15, -0.1) is 0 Å². The molecule has 1 saturated heterocycles. The van der Waals surface area contributed by atoms with Crippen molar-refractivity contribution in [1.29, 1.82) is 0 Å². The van der Waals surface area contributed by atoms with Crippen molar-refractivity contribution >= 4 is 17.6 Å². The zero-order valence-electron chi connectivity index (χ0n) is 15.9. The minimum Gasteiger partial charge on any atom is -0.294 e. The Morgan fingerprint density at radius 3 is 2.57 bits per heavy atom. The molecule has 1 aromatic heterocycles. The molecule has 1 N–H and O–H groups in total. The van der Waals surface area contributed by atoms with Crippen molar-refractivity contribution in [3.63, 3.8) is 0 Å². The molecule has 0 spiro atoms. The average molecular weight is 412 g/mol. The quantitative estimate of drug-likeness (QED) is 0.776. The van der Waals surface area contributed by atoms with Gasteiger partial charge in [0.2, 0.25) is 0 Å². The number of rotatable bonds is 4. The number of aromatic nitrogens is 1. The number of urea groups is 1. The van der Waals surface area contributed by atoms with Gasteiger partial charge in [0.15, 0.2) is 0 Å². The second-order valence-corrected chi connectivity index (χ2v) is 7.05. The van der Waals surface area contributed by atoms with Gasteiger partial charge in [-0.3, -0.25) is 15.2 Å². The number of amides is 2. The van der Waals surface area contributed by atoms with Crippen LogP contribution in [0.2, 0.25) is 0 Å². The molecule has 0 saturated carbocycles. The summed E-state index contributed by atoms with van der Waals surface area (Å²) in [5.41, 5.74) is 0.0572. The van der Waals surface area contributed by atoms with Gasteiger partial charge in [0.1, 0.15) is 17.6 Å². The molecule has 2 unspecified atom stereocenters. The van der Waals surface area contributed by atoms with Gasteiger partial charge in [0.25, 0.3) is 0 Å². The van der Waals surface area contributed by atoms with Crippen molar-refractivity contribution in [3.05, 3.63) is 84.2 Å². The molecule has 5 nitrogen and oxygen atoms in total. The molecule has 154 valence electrons. The Bertz CT molecular complexity index is 997. The first-order valence-corrected chi connectivity index (χ1v) is 9.49. The molecule has 1 fully saturated rings. The Morgan fingerprint density at radius 2 is 1.93 bits per heavy atom. The highest BCUT2D eigenvalue weighted by Gasteiger charge is 2.39. The molecule has 4 rings (SSSR count). The van der Waals surface area contributed by atoms with E-state index in [1.807, 2.05) is 42.5 Å². The molecule has 2 aliphatic rings. The van der Waals surface area contributed by atoms with Crippen LogP contribution in [0.5, 0.6) is 0 Å². The van der Waals surface area contributed by atoms with Crippen LogP contribution in [0, 0.1) is 5.92 Å². The lowest BCUT2D eigenvalue weighted by Crippen LogP contribution is -2.29. The number of anilines is 1. The largest absolute Gasteiger partial charge is 0.433 e. The maximum atomic E-state index is 12.9. The molecule has 1 aliphatic carbocycles. The number of pyridine rings is 1. The summed E-state index contributed by atoms with van der Waals surface area (Å²) in [7, 11) is 0. The molecule has 0 bridgehead atoms. The van der Waals surface area contributed by atoms with E-state index in [1.54, 1.807) is 0 Å². The third-order valence-corrected chi connectivity index (χ3v) is 4.97. The molecule has 1 aliphatic heterocycles. The lowest BCUT2D eigenvalue weighted by molar-refractivity contribution is -0.141. The van der Waals surface area contributed by atoms with Crippen LogP contribution in [-0.2, 0) is 6.18 Å². The van der Waals surface area contributed by atoms with Crippen molar-refractivity contribution in [1.82, 2.24) is 10.3 Å². The highest BCUT2D eigenvalue weighted by molar-refractivity contribution is 6.16. The number of hydrogen-bond acceptors (Lipinski definition) is 3. The van der Waals surface area contributed by atoms with Gasteiger partial charge in [-0.25, -0.2) is 9.78 Å². The van der Waals surface area contributed by atoms with Crippen LogP contribution in [0.1, 0.15) is 23.7 Å². The topological polar surface area (TPSA) is 57.6 Å². The van der Waals surface area contributed by atoms with E-state index in [-0.39, 0.29) is 11.6 Å². The zero-order chi connectivity index (χ0) is 21.1. The third kappa shape index (κ3) is 4.12. The van der Waals surface area contributed by atoms with Crippen molar-refractivity contribution in [2.24, 2.45) is 10.9 Å². The molecule has 2 heterocycles. The lowest BCUT2D eigenvalue weighted by atomic mass is 10.0. The van der Waals surface area contributed by atoms with Crippen LogP contribution in [0.3, 0.4) is 0 Å². The fourth-order valence-electron chi connectivity index (χ4n) is 3.49. The Hall–Kier alpha value is -3.42. The number of aliphatic imine (C=N–C) groups is 1. The molecular weight excluding hydrogens is 393 g/mol. The standard InChI is InChI=1S/C22H19F3N4O/c23-22(24,25)18-12-11-17(14-26-18)29-19(16-9-5-2-6-10-16)20(28-21(29)30)27-13-15-7-3-1-4-8-15/h1-7,9-12,14-15,19H,8,13H2,(H,27,28,30). The molecule has 8 heteroatoms. The average Bonchev–Trinajstić information content (AvgIpc) is 3.09. The van der Waals surface area contributed by atoms with Gasteiger partial charge in [-0.1, -0.05) is 54.6 Å². The van der Waals surface area contributed by atoms with E-state index in [9.17, 15) is 18.0 Å². The summed E-state index contributed by atoms with van der Waals surface area (Å²) in [6, 6.07) is 10.3. The zero-order valence-corrected chi connectivity index (χ0v) is 15.9. The van der Waals surface area contributed by atoms with Crippen LogP contribution < -0.4 is 10.2 Å². The first-order valence-electron chi connectivity index (χ1n) is 9.49. The van der Waals surface area contributed by atoms with E-state index in [0.717, 1.165) is 24.2 Å².